The van der Waals surface area contributed by atoms with Crippen LogP contribution in [-0.2, 0) is 10.8 Å². The van der Waals surface area contributed by atoms with Crippen LogP contribution in [0.15, 0.2) is 170 Å². The van der Waals surface area contributed by atoms with Crippen LogP contribution in [0.5, 0.6) is 0 Å². The Morgan fingerprint density at radius 2 is 1.27 bits per heavy atom. The number of nitrogens with one attached hydrogen (secondary N) is 1. The van der Waals surface area contributed by atoms with Gasteiger partial charge in [-0.25, -0.2) is 0 Å². The molecule has 0 atom stereocenters. The molecule has 0 saturated carbocycles. The molecule has 11 aromatic rings. The molecular weight excluding hydrogens is 830 g/mol. The smallest absolute Gasteiger partial charge is 0.198 e. The largest absolute Gasteiger partial charge is 0.355 e. The summed E-state index contributed by atoms with van der Waals surface area (Å²) in [5.41, 5.74) is 20.3. The predicted octanol–water partition coefficient (Wildman–Crippen LogP) is 15.9. The average molecular weight is 882 g/mol. The molecule has 67 heavy (non-hydrogen) atoms. The lowest BCUT2D eigenvalue weighted by molar-refractivity contribution is 0.332. The van der Waals surface area contributed by atoms with E-state index in [1.54, 1.807) is 0 Å². The van der Waals surface area contributed by atoms with Crippen LogP contribution in [0.4, 0.5) is 28.4 Å². The topological polar surface area (TPSA) is 20.2 Å². The van der Waals surface area contributed by atoms with E-state index in [9.17, 15) is 0 Å². The minimum absolute atomic E-state index is 0.0433. The van der Waals surface area contributed by atoms with Crippen molar-refractivity contribution in [2.45, 2.75) is 65.2 Å². The van der Waals surface area contributed by atoms with Gasteiger partial charge in [0.15, 0.2) is 7.28 Å². The SMILES string of the molecule is Cc1ccc(Nc2ccc3c(sc4ccc5ccccc5c43)c2-c2cc(N(c3ccccc3)c3ccccc3)c3c4cc5c(cc4n4c3c2Bc2cc(C)ccc2-4)C(C)(C)CCC5(C)C)cc1. The van der Waals surface area contributed by atoms with Crippen LogP contribution in [0.3, 0.4) is 0 Å². The maximum Gasteiger partial charge on any atom is 0.198 e. The molecule has 13 rings (SSSR count). The number of aromatic nitrogens is 1. The Kier molecular flexibility index (Phi) is 8.83. The highest BCUT2D eigenvalue weighted by Crippen LogP contribution is 2.53. The number of benzene rings is 9. The van der Waals surface area contributed by atoms with Crippen molar-refractivity contribution in [2.75, 3.05) is 10.2 Å². The second-order valence-electron chi connectivity index (χ2n) is 20.6. The molecular formula is C62H52BN3S. The zero-order valence-electron chi connectivity index (χ0n) is 39.1. The van der Waals surface area contributed by atoms with Gasteiger partial charge in [-0.05, 0) is 143 Å². The second kappa shape index (κ2) is 14.7. The lowest BCUT2D eigenvalue weighted by atomic mass is 9.58. The third-order valence-corrected chi connectivity index (χ3v) is 16.5. The Bertz CT molecular complexity index is 3780. The predicted molar refractivity (Wildman–Crippen MR) is 292 cm³/mol. The van der Waals surface area contributed by atoms with E-state index in [2.05, 4.69) is 226 Å². The van der Waals surface area contributed by atoms with Gasteiger partial charge in [0.25, 0.3) is 0 Å². The zero-order valence-corrected chi connectivity index (χ0v) is 39.9. The van der Waals surface area contributed by atoms with E-state index in [4.69, 9.17) is 0 Å². The minimum atomic E-state index is 0.0433. The molecule has 0 unspecified atom stereocenters. The first kappa shape index (κ1) is 40.2. The van der Waals surface area contributed by atoms with Crippen molar-refractivity contribution >= 4 is 111 Å². The van der Waals surface area contributed by atoms with Crippen LogP contribution in [0, 0.1) is 13.8 Å². The van der Waals surface area contributed by atoms with Crippen molar-refractivity contribution in [3.8, 4) is 16.8 Å². The molecule has 0 fully saturated rings. The summed E-state index contributed by atoms with van der Waals surface area (Å²) in [5, 5.41) is 11.8. The Labute approximate surface area is 397 Å². The zero-order chi connectivity index (χ0) is 45.3. The number of para-hydroxylation sites is 2. The number of nitrogens with zero attached hydrogens (tertiary/aromatic N) is 2. The molecule has 0 saturated heterocycles. The molecule has 3 nitrogen and oxygen atoms in total. The van der Waals surface area contributed by atoms with Gasteiger partial charge < -0.3 is 14.8 Å². The highest BCUT2D eigenvalue weighted by Gasteiger charge is 2.39. The van der Waals surface area contributed by atoms with Gasteiger partial charge in [-0.1, -0.05) is 141 Å². The molecule has 0 bridgehead atoms. The van der Waals surface area contributed by atoms with Crippen LogP contribution in [0.1, 0.15) is 62.8 Å². The Morgan fingerprint density at radius 3 is 2.00 bits per heavy atom. The van der Waals surface area contributed by atoms with Crippen molar-refractivity contribution in [3.63, 3.8) is 0 Å². The van der Waals surface area contributed by atoms with E-state index in [0.29, 0.717) is 0 Å². The standard InChI is InChI=1S/C62H52BN3S/c1-37-21-25-40(26-22-37)64-50-28-27-44-55-43-20-14-13-15-39(43)24-30-54(55)67-60(44)56(50)46-35-53(65(41-16-9-7-10-17-41)42-18-11-8-12-19-42)57-45-34-47-48(62(5,6)32-31-61(47,3)4)36-52(45)66-51-29-23-38(2)33-49(51)63-58(46)59(57)66/h7-30,33-36,63-64H,31-32H2,1-6H3. The molecule has 0 amide bonds. The highest BCUT2D eigenvalue weighted by molar-refractivity contribution is 7.26. The maximum absolute atomic E-state index is 4.01. The van der Waals surface area contributed by atoms with Gasteiger partial charge in [0.1, 0.15) is 0 Å². The first-order chi connectivity index (χ1) is 32.5. The van der Waals surface area contributed by atoms with Gasteiger partial charge in [-0.2, -0.15) is 0 Å². The molecule has 0 spiro atoms. The van der Waals surface area contributed by atoms with E-state index < -0.39 is 0 Å². The number of hydrogen-bond donors (Lipinski definition) is 1. The van der Waals surface area contributed by atoms with E-state index in [1.807, 2.05) is 11.3 Å². The summed E-state index contributed by atoms with van der Waals surface area (Å²) in [6.07, 6.45) is 2.32. The summed E-state index contributed by atoms with van der Waals surface area (Å²) in [5.74, 6) is 0. The van der Waals surface area contributed by atoms with Gasteiger partial charge in [-0.3, -0.25) is 0 Å². The van der Waals surface area contributed by atoms with E-state index >= 15 is 0 Å². The van der Waals surface area contributed by atoms with E-state index in [1.165, 1.54) is 108 Å². The fourth-order valence-corrected chi connectivity index (χ4v) is 13.0. The Hall–Kier alpha value is -7.08. The molecule has 0 radical (unpaired) electrons. The van der Waals surface area contributed by atoms with Gasteiger partial charge in [0.05, 0.1) is 16.7 Å². The van der Waals surface area contributed by atoms with Gasteiger partial charge in [0, 0.05) is 64.9 Å². The minimum Gasteiger partial charge on any atom is -0.355 e. The number of hydrogen-bond acceptors (Lipinski definition) is 3. The first-order valence-corrected chi connectivity index (χ1v) is 24.7. The molecule has 2 aromatic heterocycles. The lowest BCUT2D eigenvalue weighted by Crippen LogP contribution is -2.37. The van der Waals surface area contributed by atoms with Gasteiger partial charge in [-0.15, -0.1) is 11.3 Å². The van der Waals surface area contributed by atoms with E-state index in [0.717, 1.165) is 42.9 Å². The molecule has 5 heteroatoms. The fraction of sp³-hybridized carbons (Fsp3) is 0.161. The number of rotatable bonds is 6. The van der Waals surface area contributed by atoms with E-state index in [-0.39, 0.29) is 10.8 Å². The normalized spacial score (nSPS) is 14.7. The Balaban J connectivity index is 1.25. The van der Waals surface area contributed by atoms with Crippen molar-refractivity contribution in [2.24, 2.45) is 0 Å². The quantitative estimate of drug-likeness (QED) is 0.168. The van der Waals surface area contributed by atoms with Crippen LogP contribution < -0.4 is 21.1 Å². The van der Waals surface area contributed by atoms with Crippen molar-refractivity contribution in [1.82, 2.24) is 4.57 Å². The highest BCUT2D eigenvalue weighted by atomic mass is 32.1. The van der Waals surface area contributed by atoms with Crippen molar-refractivity contribution in [3.05, 3.63) is 192 Å². The summed E-state index contributed by atoms with van der Waals surface area (Å²) < 4.78 is 5.27. The monoisotopic (exact) mass is 881 g/mol. The summed E-state index contributed by atoms with van der Waals surface area (Å²) in [6, 6.07) is 64.1. The maximum atomic E-state index is 4.01. The number of aryl methyl sites for hydroxylation is 2. The average Bonchev–Trinajstić information content (AvgIpc) is 3.89. The molecule has 3 heterocycles. The molecule has 1 aliphatic heterocycles. The Morgan fingerprint density at radius 1 is 0.597 bits per heavy atom. The molecule has 9 aromatic carbocycles. The fourth-order valence-electron chi connectivity index (χ4n) is 11.8. The van der Waals surface area contributed by atoms with Crippen LogP contribution in [0.2, 0.25) is 0 Å². The third-order valence-electron chi connectivity index (χ3n) is 15.3. The van der Waals surface area contributed by atoms with Gasteiger partial charge >= 0.3 is 0 Å². The number of fused-ring (bicyclic) bond motifs is 11. The van der Waals surface area contributed by atoms with Crippen LogP contribution in [-0.4, -0.2) is 11.8 Å². The van der Waals surface area contributed by atoms with Crippen LogP contribution in [0.25, 0.3) is 69.6 Å². The summed E-state index contributed by atoms with van der Waals surface area (Å²) in [4.78, 5) is 2.53. The summed E-state index contributed by atoms with van der Waals surface area (Å²) >= 11 is 1.93. The second-order valence-corrected chi connectivity index (χ2v) is 21.6. The summed E-state index contributed by atoms with van der Waals surface area (Å²) in [6.45, 7) is 14.2. The van der Waals surface area contributed by atoms with Crippen molar-refractivity contribution in [1.29, 1.82) is 0 Å². The first-order valence-electron chi connectivity index (χ1n) is 23.9. The molecule has 2 aliphatic rings. The summed E-state index contributed by atoms with van der Waals surface area (Å²) in [7, 11) is 0.820. The molecule has 1 aliphatic carbocycles. The van der Waals surface area contributed by atoms with Crippen LogP contribution >= 0.6 is 11.3 Å². The number of thiophene rings is 1. The number of anilines is 5. The third kappa shape index (κ3) is 6.17. The van der Waals surface area contributed by atoms with Crippen molar-refractivity contribution < 1.29 is 0 Å². The van der Waals surface area contributed by atoms with Gasteiger partial charge in [0.2, 0.25) is 0 Å². The molecule has 324 valence electrons. The lowest BCUT2D eigenvalue weighted by Gasteiger charge is -2.42. The molecule has 1 N–H and O–H groups in total.